The molecule has 0 spiro atoms. The van der Waals surface area contributed by atoms with Gasteiger partial charge in [-0.1, -0.05) is 66.7 Å². The fraction of sp³-hybridized carbons (Fsp3) is 0.364. The molecular formula is C33H39N3O3. The highest BCUT2D eigenvalue weighted by Crippen LogP contribution is 2.33. The van der Waals surface area contributed by atoms with Crippen LogP contribution in [-0.2, 0) is 13.0 Å². The van der Waals surface area contributed by atoms with Gasteiger partial charge in [-0.25, -0.2) is 0 Å². The van der Waals surface area contributed by atoms with Crippen molar-refractivity contribution in [2.24, 2.45) is 0 Å². The fourth-order valence-electron chi connectivity index (χ4n) is 5.35. The van der Waals surface area contributed by atoms with E-state index in [2.05, 4.69) is 58.0 Å². The Hall–Kier alpha value is -3.61. The van der Waals surface area contributed by atoms with Crippen LogP contribution >= 0.6 is 0 Å². The van der Waals surface area contributed by atoms with Crippen molar-refractivity contribution in [1.29, 1.82) is 0 Å². The summed E-state index contributed by atoms with van der Waals surface area (Å²) in [6.07, 6.45) is 4.06. The maximum atomic E-state index is 12.8. The van der Waals surface area contributed by atoms with Crippen LogP contribution in [0.4, 0.5) is 0 Å². The number of carbonyl (C=O) groups is 1. The van der Waals surface area contributed by atoms with Crippen molar-refractivity contribution in [2.45, 2.75) is 45.2 Å². The Morgan fingerprint density at radius 1 is 0.923 bits per heavy atom. The summed E-state index contributed by atoms with van der Waals surface area (Å²) in [7, 11) is 0. The summed E-state index contributed by atoms with van der Waals surface area (Å²) >= 11 is 0. The van der Waals surface area contributed by atoms with E-state index in [-0.39, 0.29) is 5.91 Å². The lowest BCUT2D eigenvalue weighted by molar-refractivity contribution is 0.0927. The van der Waals surface area contributed by atoms with Crippen LogP contribution in [0.2, 0.25) is 0 Å². The predicted molar refractivity (Wildman–Crippen MR) is 156 cm³/mol. The van der Waals surface area contributed by atoms with Crippen molar-refractivity contribution in [3.05, 3.63) is 101 Å². The molecule has 1 amide bonds. The Balaban J connectivity index is 1.05. The van der Waals surface area contributed by atoms with E-state index >= 15 is 0 Å². The molecule has 1 saturated heterocycles. The number of hydrogen-bond acceptors (Lipinski definition) is 5. The van der Waals surface area contributed by atoms with Crippen LogP contribution < -0.4 is 15.4 Å². The van der Waals surface area contributed by atoms with E-state index in [1.54, 1.807) is 0 Å². The van der Waals surface area contributed by atoms with Crippen molar-refractivity contribution in [1.82, 2.24) is 15.5 Å². The van der Waals surface area contributed by atoms with Crippen molar-refractivity contribution >= 4 is 16.9 Å². The first kappa shape index (κ1) is 27.0. The number of nitrogens with zero attached hydrogens (tertiary/aromatic N) is 1. The first-order valence-corrected chi connectivity index (χ1v) is 14.1. The van der Waals surface area contributed by atoms with Gasteiger partial charge < -0.3 is 19.8 Å². The number of furan rings is 1. The molecule has 0 aliphatic carbocycles. The van der Waals surface area contributed by atoms with Gasteiger partial charge in [0.05, 0.1) is 12.0 Å². The Morgan fingerprint density at radius 2 is 1.64 bits per heavy atom. The Labute approximate surface area is 231 Å². The molecule has 204 valence electrons. The van der Waals surface area contributed by atoms with Crippen LogP contribution in [-0.4, -0.2) is 49.6 Å². The minimum atomic E-state index is -0.190. The van der Waals surface area contributed by atoms with Crippen molar-refractivity contribution < 1.29 is 13.9 Å². The van der Waals surface area contributed by atoms with Crippen molar-refractivity contribution in [3.63, 3.8) is 0 Å². The number of fused-ring (bicyclic) bond motifs is 1. The number of hydrogen-bond donors (Lipinski definition) is 2. The van der Waals surface area contributed by atoms with Gasteiger partial charge in [0.1, 0.15) is 11.3 Å². The summed E-state index contributed by atoms with van der Waals surface area (Å²) in [6, 6.07) is 27.2. The molecule has 0 unspecified atom stereocenters. The van der Waals surface area contributed by atoms with E-state index < -0.39 is 0 Å². The smallest absolute Gasteiger partial charge is 0.287 e. The number of carbonyl (C=O) groups excluding carboxylic acids is 1. The van der Waals surface area contributed by atoms with Crippen LogP contribution in [0.5, 0.6) is 5.75 Å². The average molecular weight is 526 g/mol. The van der Waals surface area contributed by atoms with Crippen LogP contribution in [0.3, 0.4) is 0 Å². The monoisotopic (exact) mass is 525 g/mol. The van der Waals surface area contributed by atoms with E-state index in [1.165, 1.54) is 24.0 Å². The highest BCUT2D eigenvalue weighted by Gasteiger charge is 2.21. The van der Waals surface area contributed by atoms with Gasteiger partial charge in [0.15, 0.2) is 5.76 Å². The summed E-state index contributed by atoms with van der Waals surface area (Å²) in [5.41, 5.74) is 4.08. The van der Waals surface area contributed by atoms with Gasteiger partial charge in [0, 0.05) is 24.7 Å². The van der Waals surface area contributed by atoms with E-state index in [9.17, 15) is 4.79 Å². The fourth-order valence-corrected chi connectivity index (χ4v) is 5.35. The highest BCUT2D eigenvalue weighted by molar-refractivity contribution is 6.00. The van der Waals surface area contributed by atoms with Gasteiger partial charge in [0.2, 0.25) is 0 Å². The first-order valence-electron chi connectivity index (χ1n) is 14.1. The molecule has 0 radical (unpaired) electrons. The molecule has 6 heteroatoms. The molecular weight excluding hydrogens is 486 g/mol. The maximum absolute atomic E-state index is 12.8. The second kappa shape index (κ2) is 13.5. The van der Waals surface area contributed by atoms with Gasteiger partial charge in [0.25, 0.3) is 5.91 Å². The average Bonchev–Trinajstić information content (AvgIpc) is 3.32. The predicted octanol–water partition coefficient (Wildman–Crippen LogP) is 5.74. The molecule has 2 heterocycles. The lowest BCUT2D eigenvalue weighted by Gasteiger charge is -2.32. The number of amides is 1. The topological polar surface area (TPSA) is 66.7 Å². The Morgan fingerprint density at radius 3 is 2.38 bits per heavy atom. The van der Waals surface area contributed by atoms with Crippen LogP contribution in [0.1, 0.15) is 46.5 Å². The van der Waals surface area contributed by atoms with Crippen LogP contribution in [0, 0.1) is 6.92 Å². The van der Waals surface area contributed by atoms with E-state index in [1.807, 2.05) is 43.3 Å². The summed E-state index contributed by atoms with van der Waals surface area (Å²) in [5, 5.41) is 7.58. The largest absolute Gasteiger partial charge is 0.493 e. The summed E-state index contributed by atoms with van der Waals surface area (Å²) in [5.74, 6) is 0.935. The summed E-state index contributed by atoms with van der Waals surface area (Å²) in [4.78, 5) is 15.4. The number of aryl methyl sites for hydroxylation is 1. The van der Waals surface area contributed by atoms with Crippen molar-refractivity contribution in [3.8, 4) is 5.75 Å². The van der Waals surface area contributed by atoms with E-state index in [4.69, 9.17) is 9.15 Å². The molecule has 1 aromatic heterocycles. The Bertz CT molecular complexity index is 1330. The first-order chi connectivity index (χ1) is 19.2. The number of nitrogens with one attached hydrogen (secondary N) is 2. The highest BCUT2D eigenvalue weighted by atomic mass is 16.5. The molecule has 2 N–H and O–H groups in total. The third kappa shape index (κ3) is 7.28. The maximum Gasteiger partial charge on any atom is 0.287 e. The zero-order valence-electron chi connectivity index (χ0n) is 22.8. The zero-order valence-corrected chi connectivity index (χ0v) is 22.8. The standard InChI is InChI=1S/C33H39N3O3/c1-25-31-29(14-8-15-30(31)39-32(25)33(37)35-20-16-26-10-4-2-5-11-26)38-23-9-19-34-28-17-21-36(22-18-28)24-27-12-6-3-7-13-27/h2-8,10-15,28,34H,9,16-24H2,1H3,(H,35,37). The summed E-state index contributed by atoms with van der Waals surface area (Å²) < 4.78 is 12.1. The quantitative estimate of drug-likeness (QED) is 0.231. The molecule has 1 aliphatic heterocycles. The van der Waals surface area contributed by atoms with Crippen molar-refractivity contribution in [2.75, 3.05) is 32.8 Å². The molecule has 1 aliphatic rings. The number of piperidine rings is 1. The normalized spacial score (nSPS) is 14.5. The van der Waals surface area contributed by atoms with Gasteiger partial charge in [-0.05, 0) is 75.5 Å². The molecule has 6 nitrogen and oxygen atoms in total. The third-order valence-corrected chi connectivity index (χ3v) is 7.51. The lowest BCUT2D eigenvalue weighted by atomic mass is 10.0. The molecule has 4 aromatic rings. The third-order valence-electron chi connectivity index (χ3n) is 7.51. The number of ether oxygens (including phenoxy) is 1. The SMILES string of the molecule is Cc1c(C(=O)NCCc2ccccc2)oc2cccc(OCCCNC3CCN(Cc4ccccc4)CC3)c12. The molecule has 5 rings (SSSR count). The number of likely N-dealkylation sites (tertiary alicyclic amines) is 1. The molecule has 3 aromatic carbocycles. The van der Waals surface area contributed by atoms with E-state index in [0.717, 1.165) is 55.7 Å². The number of rotatable bonds is 12. The number of benzene rings is 3. The molecule has 0 saturated carbocycles. The molecule has 1 fully saturated rings. The minimum absolute atomic E-state index is 0.190. The molecule has 0 bridgehead atoms. The van der Waals surface area contributed by atoms with Gasteiger partial charge in [-0.2, -0.15) is 0 Å². The summed E-state index contributed by atoms with van der Waals surface area (Å²) in [6.45, 7) is 7.33. The lowest BCUT2D eigenvalue weighted by Crippen LogP contribution is -2.42. The van der Waals surface area contributed by atoms with Gasteiger partial charge >= 0.3 is 0 Å². The van der Waals surface area contributed by atoms with E-state index in [0.29, 0.717) is 30.5 Å². The minimum Gasteiger partial charge on any atom is -0.493 e. The second-order valence-electron chi connectivity index (χ2n) is 10.4. The van der Waals surface area contributed by atoms with Crippen LogP contribution in [0.15, 0.2) is 83.3 Å². The molecule has 0 atom stereocenters. The zero-order chi connectivity index (χ0) is 26.9. The van der Waals surface area contributed by atoms with Crippen LogP contribution in [0.25, 0.3) is 11.0 Å². The Kier molecular flexibility index (Phi) is 9.30. The molecule has 39 heavy (non-hydrogen) atoms. The second-order valence-corrected chi connectivity index (χ2v) is 10.4. The van der Waals surface area contributed by atoms with Gasteiger partial charge in [-0.15, -0.1) is 0 Å². The van der Waals surface area contributed by atoms with Gasteiger partial charge in [-0.3, -0.25) is 9.69 Å².